The molecule has 0 aliphatic heterocycles. The molecule has 3 N–H and O–H groups in total. The summed E-state index contributed by atoms with van der Waals surface area (Å²) in [6, 6.07) is 0. The number of carbonyl (C=O) groups is 1. The van der Waals surface area contributed by atoms with Gasteiger partial charge in [0.1, 0.15) is 0 Å². The zero-order chi connectivity index (χ0) is 15.8. The highest BCUT2D eigenvalue weighted by molar-refractivity contribution is 5.64. The summed E-state index contributed by atoms with van der Waals surface area (Å²) in [7, 11) is 2.50. The molecular formula is C10H15N5O6. The molecule has 0 unspecified atom stereocenters. The highest BCUT2D eigenvalue weighted by Gasteiger charge is 2.26. The number of rotatable bonds is 8. The predicted molar refractivity (Wildman–Crippen MR) is 70.4 cm³/mol. The minimum atomic E-state index is -0.857. The molecule has 21 heavy (non-hydrogen) atoms. The van der Waals surface area contributed by atoms with Crippen molar-refractivity contribution in [3.63, 3.8) is 0 Å². The van der Waals surface area contributed by atoms with Gasteiger partial charge in [-0.15, -0.1) is 0 Å². The average Bonchev–Trinajstić information content (AvgIpc) is 2.45. The summed E-state index contributed by atoms with van der Waals surface area (Å²) in [5.41, 5.74) is 4.35. The van der Waals surface area contributed by atoms with Gasteiger partial charge < -0.3 is 25.3 Å². The first-order valence-corrected chi connectivity index (χ1v) is 5.80. The molecule has 0 radical (unpaired) electrons. The number of nitrogens with zero attached hydrogens (tertiary/aromatic N) is 3. The van der Waals surface area contributed by atoms with Gasteiger partial charge in [-0.3, -0.25) is 10.1 Å². The van der Waals surface area contributed by atoms with Gasteiger partial charge >= 0.3 is 23.5 Å². The third-order valence-corrected chi connectivity index (χ3v) is 2.24. The van der Waals surface area contributed by atoms with Crippen LogP contribution in [0.5, 0.6) is 11.8 Å². The van der Waals surface area contributed by atoms with Gasteiger partial charge in [0.2, 0.25) is 5.95 Å². The Hall–Kier alpha value is -2.85. The number of aromatic nitrogens is 2. The first-order chi connectivity index (χ1) is 9.99. The molecule has 1 rings (SSSR count). The molecule has 1 aromatic rings. The van der Waals surface area contributed by atoms with Crippen molar-refractivity contribution in [1.82, 2.24) is 9.97 Å². The molecule has 0 aliphatic rings. The van der Waals surface area contributed by atoms with Crippen molar-refractivity contribution < 1.29 is 23.9 Å². The maximum absolute atomic E-state index is 10.9. The standard InChI is InChI=1S/C10H15N5O6/c1-19-7-6(15(17)18)8(20-2)14-10(13-7)12-4-3-5-21-9(11)16/h3-5H2,1-2H3,(H2,11,16)(H,12,13,14). The van der Waals surface area contributed by atoms with Crippen LogP contribution in [0.25, 0.3) is 0 Å². The highest BCUT2D eigenvalue weighted by atomic mass is 16.6. The number of methoxy groups -OCH3 is 2. The molecule has 0 aromatic carbocycles. The van der Waals surface area contributed by atoms with Gasteiger partial charge in [0.15, 0.2) is 0 Å². The minimum Gasteiger partial charge on any atom is -0.476 e. The lowest BCUT2D eigenvalue weighted by atomic mass is 10.4. The minimum absolute atomic E-state index is 0.0911. The van der Waals surface area contributed by atoms with Crippen LogP contribution in [-0.2, 0) is 4.74 Å². The van der Waals surface area contributed by atoms with Gasteiger partial charge in [0, 0.05) is 6.54 Å². The zero-order valence-corrected chi connectivity index (χ0v) is 11.5. The van der Waals surface area contributed by atoms with E-state index in [1.54, 1.807) is 0 Å². The molecular weight excluding hydrogens is 286 g/mol. The van der Waals surface area contributed by atoms with E-state index in [9.17, 15) is 14.9 Å². The van der Waals surface area contributed by atoms with E-state index >= 15 is 0 Å². The number of anilines is 1. The van der Waals surface area contributed by atoms with Gasteiger partial charge in [-0.05, 0) is 6.42 Å². The van der Waals surface area contributed by atoms with Crippen molar-refractivity contribution in [3.05, 3.63) is 10.1 Å². The SMILES string of the molecule is COc1nc(NCCCOC(N)=O)nc(OC)c1[N+](=O)[O-]. The van der Waals surface area contributed by atoms with E-state index in [4.69, 9.17) is 15.2 Å². The number of primary amides is 1. The normalized spacial score (nSPS) is 9.81. The van der Waals surface area contributed by atoms with Crippen LogP contribution in [0.1, 0.15) is 6.42 Å². The highest BCUT2D eigenvalue weighted by Crippen LogP contribution is 2.34. The van der Waals surface area contributed by atoms with Crippen molar-refractivity contribution in [2.45, 2.75) is 6.42 Å². The Morgan fingerprint density at radius 1 is 1.33 bits per heavy atom. The van der Waals surface area contributed by atoms with Gasteiger partial charge in [0.25, 0.3) is 0 Å². The van der Waals surface area contributed by atoms with E-state index < -0.39 is 16.7 Å². The Labute approximate surface area is 119 Å². The average molecular weight is 301 g/mol. The number of nitrogens with two attached hydrogens (primary N) is 1. The first kappa shape index (κ1) is 16.2. The van der Waals surface area contributed by atoms with E-state index in [0.29, 0.717) is 13.0 Å². The Bertz CT molecular complexity index is 498. The molecule has 0 saturated carbocycles. The topological polar surface area (TPSA) is 152 Å². The van der Waals surface area contributed by atoms with Crippen molar-refractivity contribution in [3.8, 4) is 11.8 Å². The van der Waals surface area contributed by atoms with Crippen LogP contribution >= 0.6 is 0 Å². The van der Waals surface area contributed by atoms with Gasteiger partial charge in [-0.1, -0.05) is 0 Å². The van der Waals surface area contributed by atoms with Gasteiger partial charge in [-0.2, -0.15) is 9.97 Å². The van der Waals surface area contributed by atoms with Crippen molar-refractivity contribution >= 4 is 17.7 Å². The molecule has 116 valence electrons. The van der Waals surface area contributed by atoms with Crippen molar-refractivity contribution in [2.24, 2.45) is 5.73 Å². The van der Waals surface area contributed by atoms with Crippen molar-refractivity contribution in [1.29, 1.82) is 0 Å². The molecule has 0 saturated heterocycles. The lowest BCUT2D eigenvalue weighted by molar-refractivity contribution is -0.387. The molecule has 0 aliphatic carbocycles. The van der Waals surface area contributed by atoms with Crippen molar-refractivity contribution in [2.75, 3.05) is 32.7 Å². The van der Waals surface area contributed by atoms with Crippen LogP contribution in [0, 0.1) is 10.1 Å². The number of amides is 1. The number of carbonyl (C=O) groups excluding carboxylic acids is 1. The number of hydrogen-bond donors (Lipinski definition) is 2. The summed E-state index contributed by atoms with van der Waals surface area (Å²) in [6.07, 6.45) is -0.404. The Morgan fingerprint density at radius 3 is 2.33 bits per heavy atom. The van der Waals surface area contributed by atoms with Crippen LogP contribution in [0.2, 0.25) is 0 Å². The summed E-state index contributed by atoms with van der Waals surface area (Å²) in [6.45, 7) is 0.487. The van der Waals surface area contributed by atoms with E-state index in [0.717, 1.165) is 0 Å². The second kappa shape index (κ2) is 7.67. The van der Waals surface area contributed by atoms with Gasteiger partial charge in [-0.25, -0.2) is 4.79 Å². The summed E-state index contributed by atoms with van der Waals surface area (Å²) in [5.74, 6) is -0.348. The van der Waals surface area contributed by atoms with Crippen LogP contribution in [0.3, 0.4) is 0 Å². The molecule has 11 nitrogen and oxygen atoms in total. The maximum atomic E-state index is 10.9. The van der Waals surface area contributed by atoms with Crippen LogP contribution < -0.4 is 20.5 Å². The lowest BCUT2D eigenvalue weighted by Crippen LogP contribution is -2.16. The molecule has 1 aromatic heterocycles. The summed E-state index contributed by atoms with van der Waals surface area (Å²) in [4.78, 5) is 28.3. The number of ether oxygens (including phenoxy) is 3. The van der Waals surface area contributed by atoms with Crippen LogP contribution in [0.4, 0.5) is 16.4 Å². The Balaban J connectivity index is 2.75. The summed E-state index contributed by atoms with van der Waals surface area (Å²) < 4.78 is 14.2. The van der Waals surface area contributed by atoms with E-state index in [-0.39, 0.29) is 24.3 Å². The third-order valence-electron chi connectivity index (χ3n) is 2.24. The first-order valence-electron chi connectivity index (χ1n) is 5.80. The smallest absolute Gasteiger partial charge is 0.404 e. The molecule has 0 bridgehead atoms. The second-order valence-electron chi connectivity index (χ2n) is 3.62. The quantitative estimate of drug-likeness (QED) is 0.392. The third kappa shape index (κ3) is 4.63. The summed E-state index contributed by atoms with van der Waals surface area (Å²) >= 11 is 0. The molecule has 0 fully saturated rings. The lowest BCUT2D eigenvalue weighted by Gasteiger charge is -2.09. The molecule has 1 amide bonds. The Kier molecular flexibility index (Phi) is 5.92. The predicted octanol–water partition coefficient (Wildman–Crippen LogP) is 0.299. The zero-order valence-electron chi connectivity index (χ0n) is 11.5. The van der Waals surface area contributed by atoms with E-state index in [2.05, 4.69) is 20.0 Å². The fourth-order valence-corrected chi connectivity index (χ4v) is 1.38. The van der Waals surface area contributed by atoms with E-state index in [1.165, 1.54) is 14.2 Å². The fourth-order valence-electron chi connectivity index (χ4n) is 1.38. The number of nitro groups is 1. The summed E-state index contributed by atoms with van der Waals surface area (Å²) in [5, 5.41) is 13.7. The largest absolute Gasteiger partial charge is 0.476 e. The van der Waals surface area contributed by atoms with Crippen LogP contribution in [0.15, 0.2) is 0 Å². The Morgan fingerprint density at radius 2 is 1.90 bits per heavy atom. The monoisotopic (exact) mass is 301 g/mol. The molecule has 1 heterocycles. The molecule has 11 heteroatoms. The van der Waals surface area contributed by atoms with E-state index in [1.807, 2.05) is 0 Å². The van der Waals surface area contributed by atoms with Crippen LogP contribution in [-0.4, -0.2) is 48.4 Å². The molecule has 0 atom stereocenters. The second-order valence-corrected chi connectivity index (χ2v) is 3.62. The van der Waals surface area contributed by atoms with Gasteiger partial charge in [0.05, 0.1) is 25.7 Å². The fraction of sp³-hybridized carbons (Fsp3) is 0.500. The number of hydrogen-bond acceptors (Lipinski definition) is 9. The number of nitrogens with one attached hydrogen (secondary N) is 1. The molecule has 0 spiro atoms. The maximum Gasteiger partial charge on any atom is 0.404 e.